The first-order valence-corrected chi connectivity index (χ1v) is 10.8. The molecule has 1 aliphatic heterocycles. The maximum absolute atomic E-state index is 12.8. The molecule has 3 rings (SSSR count). The summed E-state index contributed by atoms with van der Waals surface area (Å²) in [5, 5.41) is 0. The van der Waals surface area contributed by atoms with Gasteiger partial charge in [-0.1, -0.05) is 32.9 Å². The van der Waals surface area contributed by atoms with E-state index in [0.717, 1.165) is 24.2 Å². The van der Waals surface area contributed by atoms with Crippen LogP contribution in [0.4, 0.5) is 0 Å². The van der Waals surface area contributed by atoms with Crippen molar-refractivity contribution in [2.75, 3.05) is 27.4 Å². The zero-order valence-corrected chi connectivity index (χ0v) is 18.7. The Labute approximate surface area is 179 Å². The highest BCUT2D eigenvalue weighted by Crippen LogP contribution is 2.38. The number of carbonyl (C=O) groups excluding carboxylic acids is 1. The number of hydrogen-bond donors (Lipinski definition) is 0. The number of amides is 1. The van der Waals surface area contributed by atoms with Crippen LogP contribution in [0.2, 0.25) is 0 Å². The summed E-state index contributed by atoms with van der Waals surface area (Å²) in [6, 6.07) is 12.1. The predicted molar refractivity (Wildman–Crippen MR) is 119 cm³/mol. The summed E-state index contributed by atoms with van der Waals surface area (Å²) >= 11 is 0. The van der Waals surface area contributed by atoms with E-state index in [-0.39, 0.29) is 11.9 Å². The highest BCUT2D eigenvalue weighted by Gasteiger charge is 2.32. The fourth-order valence-electron chi connectivity index (χ4n) is 3.99. The molecule has 0 unspecified atom stereocenters. The summed E-state index contributed by atoms with van der Waals surface area (Å²) in [7, 11) is 3.28. The van der Waals surface area contributed by atoms with Gasteiger partial charge in [0, 0.05) is 13.0 Å². The highest BCUT2D eigenvalue weighted by molar-refractivity contribution is 5.77. The van der Waals surface area contributed by atoms with Crippen LogP contribution < -0.4 is 14.2 Å². The molecule has 0 N–H and O–H groups in total. The van der Waals surface area contributed by atoms with Gasteiger partial charge in [0.05, 0.1) is 20.3 Å². The molecule has 1 atom stereocenters. The number of benzene rings is 2. The average Bonchev–Trinajstić information content (AvgIpc) is 2.76. The largest absolute Gasteiger partial charge is 0.493 e. The fraction of sp³-hybridized carbons (Fsp3) is 0.480. The van der Waals surface area contributed by atoms with Crippen molar-refractivity contribution in [2.45, 2.75) is 52.0 Å². The Morgan fingerprint density at radius 1 is 1.10 bits per heavy atom. The van der Waals surface area contributed by atoms with E-state index >= 15 is 0 Å². The molecule has 0 saturated heterocycles. The maximum Gasteiger partial charge on any atom is 0.223 e. The first-order chi connectivity index (χ1) is 14.5. The molecule has 5 heteroatoms. The van der Waals surface area contributed by atoms with Crippen LogP contribution in [0.3, 0.4) is 0 Å². The molecular formula is C25H33NO4. The molecule has 2 aromatic rings. The van der Waals surface area contributed by atoms with Gasteiger partial charge in [0.1, 0.15) is 12.4 Å². The minimum Gasteiger partial charge on any atom is -0.493 e. The highest BCUT2D eigenvalue weighted by atomic mass is 16.5. The Bertz CT molecular complexity index is 860. The Balaban J connectivity index is 1.89. The van der Waals surface area contributed by atoms with Gasteiger partial charge in [-0.05, 0) is 59.7 Å². The summed E-state index contributed by atoms with van der Waals surface area (Å²) < 4.78 is 17.2. The molecule has 1 aliphatic rings. The van der Waals surface area contributed by atoms with Crippen LogP contribution in [0.1, 0.15) is 62.3 Å². The monoisotopic (exact) mass is 411 g/mol. The second-order valence-electron chi connectivity index (χ2n) is 8.04. The summed E-state index contributed by atoms with van der Waals surface area (Å²) in [6.45, 7) is 7.47. The molecule has 0 aliphatic carbocycles. The maximum atomic E-state index is 12.8. The normalized spacial score (nSPS) is 15.7. The third kappa shape index (κ3) is 4.72. The lowest BCUT2D eigenvalue weighted by Gasteiger charge is -2.37. The molecule has 0 saturated carbocycles. The van der Waals surface area contributed by atoms with Crippen LogP contribution in [0, 0.1) is 0 Å². The smallest absolute Gasteiger partial charge is 0.223 e. The zero-order valence-electron chi connectivity index (χ0n) is 18.7. The molecule has 0 spiro atoms. The van der Waals surface area contributed by atoms with Crippen molar-refractivity contribution in [3.63, 3.8) is 0 Å². The number of nitrogens with zero attached hydrogens (tertiary/aromatic N) is 1. The number of ether oxygens (including phenoxy) is 3. The minimum atomic E-state index is -0.155. The fourth-order valence-corrected chi connectivity index (χ4v) is 3.99. The van der Waals surface area contributed by atoms with Gasteiger partial charge in [0.15, 0.2) is 11.5 Å². The van der Waals surface area contributed by atoms with Crippen molar-refractivity contribution < 1.29 is 19.0 Å². The van der Waals surface area contributed by atoms with Crippen LogP contribution in [0.5, 0.6) is 17.2 Å². The van der Waals surface area contributed by atoms with Gasteiger partial charge >= 0.3 is 0 Å². The quantitative estimate of drug-likeness (QED) is 0.604. The average molecular weight is 412 g/mol. The van der Waals surface area contributed by atoms with Crippen LogP contribution in [-0.4, -0.2) is 38.2 Å². The lowest BCUT2D eigenvalue weighted by atomic mass is 9.91. The van der Waals surface area contributed by atoms with Gasteiger partial charge < -0.3 is 19.1 Å². The van der Waals surface area contributed by atoms with Crippen LogP contribution in [-0.2, 0) is 11.2 Å². The Morgan fingerprint density at radius 3 is 2.37 bits per heavy atom. The molecule has 0 fully saturated rings. The van der Waals surface area contributed by atoms with Crippen LogP contribution in [0.15, 0.2) is 36.4 Å². The number of fused-ring (bicyclic) bond motifs is 1. The van der Waals surface area contributed by atoms with Crippen molar-refractivity contribution in [2.24, 2.45) is 0 Å². The molecule has 30 heavy (non-hydrogen) atoms. The molecule has 5 nitrogen and oxygen atoms in total. The van der Waals surface area contributed by atoms with E-state index in [9.17, 15) is 4.79 Å². The van der Waals surface area contributed by atoms with Gasteiger partial charge in [0.2, 0.25) is 5.91 Å². The van der Waals surface area contributed by atoms with Gasteiger partial charge in [-0.2, -0.15) is 0 Å². The summed E-state index contributed by atoms with van der Waals surface area (Å²) in [4.78, 5) is 14.8. The summed E-state index contributed by atoms with van der Waals surface area (Å²) in [6.07, 6.45) is 2.17. The Kier molecular flexibility index (Phi) is 7.24. The topological polar surface area (TPSA) is 48.0 Å². The summed E-state index contributed by atoms with van der Waals surface area (Å²) in [5.41, 5.74) is 3.53. The molecule has 0 radical (unpaired) electrons. The van der Waals surface area contributed by atoms with E-state index in [2.05, 4.69) is 26.0 Å². The summed E-state index contributed by atoms with van der Waals surface area (Å²) in [5.74, 6) is 2.85. The number of hydrogen-bond acceptors (Lipinski definition) is 4. The van der Waals surface area contributed by atoms with Crippen LogP contribution >= 0.6 is 0 Å². The lowest BCUT2D eigenvalue weighted by Crippen LogP contribution is -2.42. The van der Waals surface area contributed by atoms with E-state index in [4.69, 9.17) is 14.2 Å². The van der Waals surface area contributed by atoms with E-state index in [0.29, 0.717) is 37.0 Å². The van der Waals surface area contributed by atoms with E-state index in [1.165, 1.54) is 11.1 Å². The standard InChI is InChI=1S/C25H33NO4/c1-6-7-25(27)26-13-12-19-14-23(28-4)24(29-5)15-21(19)22(26)16-30-20-10-8-18(9-11-20)17(2)3/h8-11,14-15,17,22H,6-7,12-13,16H2,1-5H3/t22-/m0/s1. The number of carbonyl (C=O) groups is 1. The van der Waals surface area contributed by atoms with Crippen molar-refractivity contribution in [1.29, 1.82) is 0 Å². The number of methoxy groups -OCH3 is 2. The second kappa shape index (κ2) is 9.88. The van der Waals surface area contributed by atoms with Crippen molar-refractivity contribution >= 4 is 5.91 Å². The second-order valence-corrected chi connectivity index (χ2v) is 8.04. The van der Waals surface area contributed by atoms with Gasteiger partial charge in [-0.15, -0.1) is 0 Å². The van der Waals surface area contributed by atoms with Gasteiger partial charge in [0.25, 0.3) is 0 Å². The van der Waals surface area contributed by atoms with E-state index in [1.807, 2.05) is 36.1 Å². The Hall–Kier alpha value is -2.69. The first-order valence-electron chi connectivity index (χ1n) is 10.8. The van der Waals surface area contributed by atoms with Gasteiger partial charge in [-0.25, -0.2) is 0 Å². The predicted octanol–water partition coefficient (Wildman–Crippen LogP) is 5.13. The minimum absolute atomic E-state index is 0.155. The van der Waals surface area contributed by atoms with Crippen molar-refractivity contribution in [1.82, 2.24) is 4.90 Å². The van der Waals surface area contributed by atoms with Gasteiger partial charge in [-0.3, -0.25) is 4.79 Å². The SMILES string of the molecule is CCCC(=O)N1CCc2cc(OC)c(OC)cc2[C@@H]1COc1ccc(C(C)C)cc1. The Morgan fingerprint density at radius 2 is 1.77 bits per heavy atom. The third-order valence-electron chi connectivity index (χ3n) is 5.74. The lowest BCUT2D eigenvalue weighted by molar-refractivity contribution is -0.135. The van der Waals surface area contributed by atoms with Crippen molar-refractivity contribution in [3.8, 4) is 17.2 Å². The van der Waals surface area contributed by atoms with Crippen LogP contribution in [0.25, 0.3) is 0 Å². The van der Waals surface area contributed by atoms with Crippen molar-refractivity contribution in [3.05, 3.63) is 53.1 Å². The molecule has 162 valence electrons. The molecule has 1 heterocycles. The first kappa shape index (κ1) is 22.0. The molecule has 0 bridgehead atoms. The molecule has 2 aromatic carbocycles. The molecular weight excluding hydrogens is 378 g/mol. The molecule has 0 aromatic heterocycles. The zero-order chi connectivity index (χ0) is 21.7. The van der Waals surface area contributed by atoms with E-state index in [1.54, 1.807) is 14.2 Å². The number of rotatable bonds is 8. The molecule has 1 amide bonds. The van der Waals surface area contributed by atoms with E-state index < -0.39 is 0 Å². The third-order valence-corrected chi connectivity index (χ3v) is 5.74.